The van der Waals surface area contributed by atoms with Crippen molar-refractivity contribution in [3.8, 4) is 22.5 Å². The number of benzene rings is 2. The molecular weight excluding hydrogens is 304 g/mol. The second-order valence-corrected chi connectivity index (χ2v) is 6.67. The molecule has 25 heavy (non-hydrogen) atoms. The number of rotatable bonds is 7. The van der Waals surface area contributed by atoms with Gasteiger partial charge in [0, 0.05) is 18.0 Å². The first kappa shape index (κ1) is 17.3. The van der Waals surface area contributed by atoms with E-state index in [0.29, 0.717) is 0 Å². The average Bonchev–Trinajstić information content (AvgIpc) is 2.67. The summed E-state index contributed by atoms with van der Waals surface area (Å²) >= 11 is 0. The van der Waals surface area contributed by atoms with Crippen molar-refractivity contribution < 1.29 is 0 Å². The summed E-state index contributed by atoms with van der Waals surface area (Å²) in [6, 6.07) is 17.1. The van der Waals surface area contributed by atoms with Crippen LogP contribution in [0, 0.1) is 6.92 Å². The Kier molecular flexibility index (Phi) is 5.95. The van der Waals surface area contributed by atoms with Gasteiger partial charge in [-0.2, -0.15) is 0 Å². The van der Waals surface area contributed by atoms with Crippen molar-refractivity contribution in [2.24, 2.45) is 0 Å². The van der Waals surface area contributed by atoms with E-state index in [0.717, 1.165) is 17.8 Å². The first-order valence-electron chi connectivity index (χ1n) is 9.24. The topological polar surface area (TPSA) is 25.8 Å². The number of aryl methyl sites for hydroxylation is 2. The molecule has 3 aromatic rings. The van der Waals surface area contributed by atoms with Gasteiger partial charge in [-0.1, -0.05) is 80.3 Å². The van der Waals surface area contributed by atoms with Crippen molar-refractivity contribution in [2.45, 2.75) is 46.0 Å². The molecule has 0 saturated heterocycles. The van der Waals surface area contributed by atoms with E-state index >= 15 is 0 Å². The van der Waals surface area contributed by atoms with Gasteiger partial charge >= 0.3 is 0 Å². The van der Waals surface area contributed by atoms with Crippen molar-refractivity contribution in [3.63, 3.8) is 0 Å². The molecule has 2 aromatic carbocycles. The molecule has 0 N–H and O–H groups in total. The van der Waals surface area contributed by atoms with Crippen LogP contribution in [0.4, 0.5) is 0 Å². The largest absolute Gasteiger partial charge is 0.236 e. The van der Waals surface area contributed by atoms with E-state index in [4.69, 9.17) is 0 Å². The average molecular weight is 330 g/mol. The summed E-state index contributed by atoms with van der Waals surface area (Å²) in [5.41, 5.74) is 6.03. The van der Waals surface area contributed by atoms with Gasteiger partial charge in [0.25, 0.3) is 0 Å². The summed E-state index contributed by atoms with van der Waals surface area (Å²) in [7, 11) is 0. The molecule has 0 aliphatic heterocycles. The smallest absolute Gasteiger partial charge is 0.159 e. The minimum atomic E-state index is 0.799. The molecular formula is C23H26N2. The van der Waals surface area contributed by atoms with Crippen LogP contribution in [0.2, 0.25) is 0 Å². The number of hydrogen-bond acceptors (Lipinski definition) is 2. The van der Waals surface area contributed by atoms with Crippen LogP contribution in [0.1, 0.15) is 43.7 Å². The molecule has 1 aromatic heterocycles. The maximum Gasteiger partial charge on any atom is 0.159 e. The number of hydrogen-bond donors (Lipinski definition) is 0. The van der Waals surface area contributed by atoms with Crippen LogP contribution >= 0.6 is 0 Å². The molecule has 128 valence electrons. The van der Waals surface area contributed by atoms with Crippen molar-refractivity contribution in [2.75, 3.05) is 0 Å². The fourth-order valence-corrected chi connectivity index (χ4v) is 2.95. The molecule has 2 heteroatoms. The van der Waals surface area contributed by atoms with Gasteiger partial charge in [-0.15, -0.1) is 0 Å². The first-order chi connectivity index (χ1) is 12.3. The second-order valence-electron chi connectivity index (χ2n) is 6.67. The summed E-state index contributed by atoms with van der Waals surface area (Å²) in [5.74, 6) is 0.799. The Morgan fingerprint density at radius 1 is 0.680 bits per heavy atom. The fourth-order valence-electron chi connectivity index (χ4n) is 2.95. The quantitative estimate of drug-likeness (QED) is 0.479. The Bertz CT molecular complexity index is 772. The Morgan fingerprint density at radius 2 is 1.24 bits per heavy atom. The molecule has 0 fully saturated rings. The van der Waals surface area contributed by atoms with E-state index in [9.17, 15) is 0 Å². The number of nitrogens with zero attached hydrogens (tertiary/aromatic N) is 2. The molecule has 0 bridgehead atoms. The van der Waals surface area contributed by atoms with Crippen LogP contribution in [0.5, 0.6) is 0 Å². The van der Waals surface area contributed by atoms with Crippen LogP contribution < -0.4 is 0 Å². The molecule has 3 rings (SSSR count). The zero-order valence-electron chi connectivity index (χ0n) is 15.2. The molecule has 0 aliphatic carbocycles. The molecule has 0 saturated carbocycles. The van der Waals surface area contributed by atoms with Gasteiger partial charge in [0.05, 0.1) is 0 Å². The lowest BCUT2D eigenvalue weighted by atomic mass is 10.0. The first-order valence-corrected chi connectivity index (χ1v) is 9.24. The summed E-state index contributed by atoms with van der Waals surface area (Å²) in [6.45, 7) is 4.35. The lowest BCUT2D eigenvalue weighted by molar-refractivity contribution is 0.665. The molecule has 0 unspecified atom stereocenters. The van der Waals surface area contributed by atoms with E-state index < -0.39 is 0 Å². The summed E-state index contributed by atoms with van der Waals surface area (Å²) in [5, 5.41) is 0. The van der Waals surface area contributed by atoms with Crippen molar-refractivity contribution >= 4 is 0 Å². The lowest BCUT2D eigenvalue weighted by Gasteiger charge is -2.05. The van der Waals surface area contributed by atoms with Gasteiger partial charge in [0.2, 0.25) is 0 Å². The van der Waals surface area contributed by atoms with Crippen molar-refractivity contribution in [3.05, 3.63) is 72.1 Å². The second kappa shape index (κ2) is 8.57. The predicted molar refractivity (Wildman–Crippen MR) is 105 cm³/mol. The molecule has 1 heterocycles. The minimum absolute atomic E-state index is 0.799. The van der Waals surface area contributed by atoms with Crippen molar-refractivity contribution in [1.29, 1.82) is 0 Å². The highest BCUT2D eigenvalue weighted by molar-refractivity contribution is 5.67. The van der Waals surface area contributed by atoms with Crippen LogP contribution in [-0.2, 0) is 6.42 Å². The SMILES string of the molecule is CCCCCCc1cnc(-c2ccc(-c3ccc(C)cc3)cc2)nc1. The molecule has 0 amide bonds. The molecule has 0 radical (unpaired) electrons. The zero-order valence-corrected chi connectivity index (χ0v) is 15.2. The van der Waals surface area contributed by atoms with Crippen LogP contribution in [0.15, 0.2) is 60.9 Å². The van der Waals surface area contributed by atoms with Crippen LogP contribution in [0.25, 0.3) is 22.5 Å². The van der Waals surface area contributed by atoms with Crippen LogP contribution in [-0.4, -0.2) is 9.97 Å². The highest BCUT2D eigenvalue weighted by atomic mass is 14.9. The molecule has 0 aliphatic rings. The third kappa shape index (κ3) is 4.76. The summed E-state index contributed by atoms with van der Waals surface area (Å²) in [6.07, 6.45) is 10.1. The zero-order chi connectivity index (χ0) is 17.5. The normalized spacial score (nSPS) is 10.8. The Balaban J connectivity index is 1.66. The van der Waals surface area contributed by atoms with Gasteiger partial charge in [0.1, 0.15) is 0 Å². The van der Waals surface area contributed by atoms with Crippen LogP contribution in [0.3, 0.4) is 0 Å². The van der Waals surface area contributed by atoms with E-state index in [2.05, 4.69) is 72.3 Å². The Labute approximate surface area is 151 Å². The van der Waals surface area contributed by atoms with Gasteiger partial charge < -0.3 is 0 Å². The summed E-state index contributed by atoms with van der Waals surface area (Å²) in [4.78, 5) is 9.10. The number of aromatic nitrogens is 2. The Hall–Kier alpha value is -2.48. The van der Waals surface area contributed by atoms with E-state index in [-0.39, 0.29) is 0 Å². The van der Waals surface area contributed by atoms with E-state index in [1.54, 1.807) is 0 Å². The molecule has 0 spiro atoms. The Morgan fingerprint density at radius 3 is 1.84 bits per heavy atom. The van der Waals surface area contributed by atoms with Crippen molar-refractivity contribution in [1.82, 2.24) is 9.97 Å². The van der Waals surface area contributed by atoms with E-state index in [1.807, 2.05) is 12.4 Å². The standard InChI is InChI=1S/C23H26N2/c1-3-4-5-6-7-19-16-24-23(25-17-19)22-14-12-21(13-15-22)20-10-8-18(2)9-11-20/h8-17H,3-7H2,1-2H3. The fraction of sp³-hybridized carbons (Fsp3) is 0.304. The van der Waals surface area contributed by atoms with Gasteiger partial charge in [-0.3, -0.25) is 0 Å². The lowest BCUT2D eigenvalue weighted by Crippen LogP contribution is -1.93. The molecule has 0 atom stereocenters. The highest BCUT2D eigenvalue weighted by Gasteiger charge is 2.03. The van der Waals surface area contributed by atoms with Gasteiger partial charge in [-0.25, -0.2) is 9.97 Å². The minimum Gasteiger partial charge on any atom is -0.236 e. The van der Waals surface area contributed by atoms with E-state index in [1.165, 1.54) is 47.9 Å². The summed E-state index contributed by atoms with van der Waals surface area (Å²) < 4.78 is 0. The third-order valence-corrected chi connectivity index (χ3v) is 4.55. The van der Waals surface area contributed by atoms with Gasteiger partial charge in [0.15, 0.2) is 5.82 Å². The third-order valence-electron chi connectivity index (χ3n) is 4.55. The molecule has 2 nitrogen and oxygen atoms in total. The van der Waals surface area contributed by atoms with Gasteiger partial charge in [-0.05, 0) is 36.5 Å². The maximum atomic E-state index is 4.55. The predicted octanol–water partition coefficient (Wildman–Crippen LogP) is 6.24. The monoisotopic (exact) mass is 330 g/mol. The highest BCUT2D eigenvalue weighted by Crippen LogP contribution is 2.23. The number of unbranched alkanes of at least 4 members (excludes halogenated alkanes) is 3. The maximum absolute atomic E-state index is 4.55.